The summed E-state index contributed by atoms with van der Waals surface area (Å²) in [5, 5.41) is 0. The number of rotatable bonds is 10. The van der Waals surface area contributed by atoms with Crippen molar-refractivity contribution in [2.24, 2.45) is 0 Å². The molecule has 0 saturated heterocycles. The van der Waals surface area contributed by atoms with Crippen LogP contribution in [0.4, 0.5) is 0 Å². The van der Waals surface area contributed by atoms with E-state index in [-0.39, 0.29) is 5.88 Å². The highest BCUT2D eigenvalue weighted by molar-refractivity contribution is 5.80. The van der Waals surface area contributed by atoms with Crippen LogP contribution in [0.15, 0.2) is 18.3 Å². The zero-order chi connectivity index (χ0) is 17.9. The molecule has 0 aliphatic carbocycles. The second kappa shape index (κ2) is 10.4. The number of hydrogen-bond acceptors (Lipinski definition) is 7. The highest BCUT2D eigenvalue weighted by Crippen LogP contribution is 2.20. The van der Waals surface area contributed by atoms with Crippen LogP contribution in [0, 0.1) is 0 Å². The van der Waals surface area contributed by atoms with Crippen molar-refractivity contribution in [2.45, 2.75) is 38.9 Å². The summed E-state index contributed by atoms with van der Waals surface area (Å²) in [4.78, 5) is 36.7. The van der Waals surface area contributed by atoms with Gasteiger partial charge in [-0.25, -0.2) is 15.9 Å². The number of nitrogens with zero attached hydrogens (tertiary/aromatic N) is 1. The smallest absolute Gasteiger partial charge is 0.284 e. The molecule has 0 aliphatic rings. The molecule has 2 unspecified atom stereocenters. The Morgan fingerprint density at radius 1 is 1.04 bits per heavy atom. The van der Waals surface area contributed by atoms with Gasteiger partial charge in [0.15, 0.2) is 12.2 Å². The Labute approximate surface area is 140 Å². The molecule has 9 nitrogen and oxygen atoms in total. The first-order valence-electron chi connectivity index (χ1n) is 7.50. The zero-order valence-corrected chi connectivity index (χ0v) is 14.2. The summed E-state index contributed by atoms with van der Waals surface area (Å²) in [7, 11) is 2.69. The Hall–Kier alpha value is -2.39. The van der Waals surface area contributed by atoms with E-state index in [0.29, 0.717) is 18.6 Å². The van der Waals surface area contributed by atoms with Gasteiger partial charge in [-0.05, 0) is 18.9 Å². The number of amides is 2. The van der Waals surface area contributed by atoms with E-state index in [4.69, 9.17) is 9.47 Å². The second-order valence-corrected chi connectivity index (χ2v) is 4.70. The van der Waals surface area contributed by atoms with Gasteiger partial charge in [-0.1, -0.05) is 13.8 Å². The monoisotopic (exact) mass is 341 g/mol. The predicted octanol–water partition coefficient (Wildman–Crippen LogP) is 0.752. The van der Waals surface area contributed by atoms with Gasteiger partial charge in [0.25, 0.3) is 11.8 Å². The van der Waals surface area contributed by atoms with Crippen LogP contribution in [0.2, 0.25) is 0 Å². The molecule has 1 rings (SSSR count). The van der Waals surface area contributed by atoms with Crippen molar-refractivity contribution in [3.8, 4) is 11.6 Å². The fraction of sp³-hybridized carbons (Fsp3) is 0.533. The maximum absolute atomic E-state index is 11.8. The van der Waals surface area contributed by atoms with E-state index in [2.05, 4.69) is 25.6 Å². The van der Waals surface area contributed by atoms with Crippen LogP contribution < -0.4 is 20.4 Å². The van der Waals surface area contributed by atoms with Crippen molar-refractivity contribution in [2.75, 3.05) is 14.2 Å². The molecule has 0 bridgehead atoms. The summed E-state index contributed by atoms with van der Waals surface area (Å²) in [5.41, 5.74) is 4.44. The van der Waals surface area contributed by atoms with Gasteiger partial charge in [-0.2, -0.15) is 0 Å². The van der Waals surface area contributed by atoms with E-state index < -0.39 is 24.0 Å². The molecule has 1 aromatic heterocycles. The van der Waals surface area contributed by atoms with Crippen molar-refractivity contribution < 1.29 is 28.7 Å². The van der Waals surface area contributed by atoms with Gasteiger partial charge in [0, 0.05) is 12.3 Å². The van der Waals surface area contributed by atoms with E-state index in [1.54, 1.807) is 19.9 Å². The molecule has 0 aliphatic heterocycles. The number of carbonyl (C=O) groups excluding carboxylic acids is 2. The zero-order valence-electron chi connectivity index (χ0n) is 14.2. The average molecular weight is 341 g/mol. The number of nitrogens with one attached hydrogen (secondary N) is 2. The predicted molar refractivity (Wildman–Crippen MR) is 84.0 cm³/mol. The Bertz CT molecular complexity index is 496. The Balaban J connectivity index is 2.78. The molecule has 9 heteroatoms. The molecule has 2 amide bonds. The standard InChI is InChI=1S/C15H23N3O6/c1-5-11(14(19)17-21-3)23-10-7-8-16-13(9-10)24-12(6-2)15(20)18-22-4/h7-9,11-12H,5-6H2,1-4H3,(H,17,19)(H,18,20). The highest BCUT2D eigenvalue weighted by Gasteiger charge is 2.21. The third kappa shape index (κ3) is 6.01. The van der Waals surface area contributed by atoms with Crippen LogP contribution in [0.25, 0.3) is 0 Å². The Morgan fingerprint density at radius 2 is 1.58 bits per heavy atom. The number of aromatic nitrogens is 1. The maximum Gasteiger partial charge on any atom is 0.284 e. The maximum atomic E-state index is 11.8. The van der Waals surface area contributed by atoms with E-state index in [0.717, 1.165) is 0 Å². The number of hydrogen-bond donors (Lipinski definition) is 2. The molecule has 0 spiro atoms. The number of carbonyl (C=O) groups is 2. The molecule has 134 valence electrons. The summed E-state index contributed by atoms with van der Waals surface area (Å²) in [6.45, 7) is 3.60. The fourth-order valence-electron chi connectivity index (χ4n) is 1.82. The molecule has 0 saturated carbocycles. The lowest BCUT2D eigenvalue weighted by atomic mass is 10.2. The van der Waals surface area contributed by atoms with Gasteiger partial charge in [-0.3, -0.25) is 19.3 Å². The quantitative estimate of drug-likeness (QED) is 0.605. The van der Waals surface area contributed by atoms with Gasteiger partial charge < -0.3 is 9.47 Å². The van der Waals surface area contributed by atoms with Gasteiger partial charge in [0.2, 0.25) is 5.88 Å². The first-order valence-corrected chi connectivity index (χ1v) is 7.50. The first kappa shape index (κ1) is 19.7. The van der Waals surface area contributed by atoms with Gasteiger partial charge in [0.05, 0.1) is 14.2 Å². The molecule has 24 heavy (non-hydrogen) atoms. The number of hydroxylamine groups is 2. The summed E-state index contributed by atoms with van der Waals surface area (Å²) >= 11 is 0. The Kier molecular flexibility index (Phi) is 8.52. The van der Waals surface area contributed by atoms with Gasteiger partial charge in [0.1, 0.15) is 5.75 Å². The highest BCUT2D eigenvalue weighted by atomic mass is 16.6. The largest absolute Gasteiger partial charge is 0.480 e. The van der Waals surface area contributed by atoms with Crippen molar-refractivity contribution in [1.82, 2.24) is 15.9 Å². The van der Waals surface area contributed by atoms with Gasteiger partial charge in [-0.15, -0.1) is 0 Å². The molecule has 2 N–H and O–H groups in total. The second-order valence-electron chi connectivity index (χ2n) is 4.70. The summed E-state index contributed by atoms with van der Waals surface area (Å²) in [6, 6.07) is 3.09. The molecule has 0 aromatic carbocycles. The van der Waals surface area contributed by atoms with E-state index in [1.165, 1.54) is 26.5 Å². The van der Waals surface area contributed by atoms with Crippen molar-refractivity contribution in [3.05, 3.63) is 18.3 Å². The minimum absolute atomic E-state index is 0.201. The van der Waals surface area contributed by atoms with Crippen molar-refractivity contribution in [1.29, 1.82) is 0 Å². The minimum atomic E-state index is -0.758. The summed E-state index contributed by atoms with van der Waals surface area (Å²) in [5.74, 6) is -0.225. The lowest BCUT2D eigenvalue weighted by Crippen LogP contribution is -2.38. The SMILES string of the molecule is CCC(Oc1ccnc(OC(CC)C(=O)NOC)c1)C(=O)NOC. The van der Waals surface area contributed by atoms with Gasteiger partial charge >= 0.3 is 0 Å². The molecule has 1 aromatic rings. The molecule has 2 atom stereocenters. The normalized spacial score (nSPS) is 12.8. The minimum Gasteiger partial charge on any atom is -0.480 e. The van der Waals surface area contributed by atoms with Crippen LogP contribution in [0.5, 0.6) is 11.6 Å². The van der Waals surface area contributed by atoms with Crippen LogP contribution in [0.1, 0.15) is 26.7 Å². The lowest BCUT2D eigenvalue weighted by molar-refractivity contribution is -0.139. The lowest BCUT2D eigenvalue weighted by Gasteiger charge is -2.18. The first-order chi connectivity index (χ1) is 11.5. The molecule has 1 heterocycles. The Morgan fingerprint density at radius 3 is 2.08 bits per heavy atom. The number of ether oxygens (including phenoxy) is 2. The summed E-state index contributed by atoms with van der Waals surface area (Å²) in [6.07, 6.45) is 0.856. The molecular weight excluding hydrogens is 318 g/mol. The molecule has 0 radical (unpaired) electrons. The van der Waals surface area contributed by atoms with Crippen molar-refractivity contribution >= 4 is 11.8 Å². The third-order valence-corrected chi connectivity index (χ3v) is 2.98. The third-order valence-electron chi connectivity index (χ3n) is 2.98. The van der Waals surface area contributed by atoms with E-state index >= 15 is 0 Å². The van der Waals surface area contributed by atoms with E-state index in [1.807, 2.05) is 0 Å². The average Bonchev–Trinajstić information content (AvgIpc) is 2.58. The fourth-order valence-corrected chi connectivity index (χ4v) is 1.82. The number of pyridine rings is 1. The molecular formula is C15H23N3O6. The van der Waals surface area contributed by atoms with Crippen LogP contribution >= 0.6 is 0 Å². The summed E-state index contributed by atoms with van der Waals surface area (Å²) < 4.78 is 11.1. The molecule has 0 fully saturated rings. The van der Waals surface area contributed by atoms with Crippen LogP contribution in [-0.4, -0.2) is 43.2 Å². The van der Waals surface area contributed by atoms with E-state index in [9.17, 15) is 9.59 Å². The topological polar surface area (TPSA) is 108 Å². The van der Waals surface area contributed by atoms with Crippen LogP contribution in [0.3, 0.4) is 0 Å². The van der Waals surface area contributed by atoms with Crippen molar-refractivity contribution in [3.63, 3.8) is 0 Å². The van der Waals surface area contributed by atoms with Crippen LogP contribution in [-0.2, 0) is 19.3 Å².